The Hall–Kier alpha value is -6.22. The minimum atomic E-state index is -0.689. The predicted molar refractivity (Wildman–Crippen MR) is 235 cm³/mol. The van der Waals surface area contributed by atoms with Gasteiger partial charge in [0, 0.05) is 36.1 Å². The summed E-state index contributed by atoms with van der Waals surface area (Å²) in [6.07, 6.45) is 3.79. The third-order valence-corrected chi connectivity index (χ3v) is 14.5. The molecule has 4 N–H and O–H groups in total. The number of carbonyl (C=O) groups is 4. The normalized spacial score (nSPS) is 25.0. The minimum absolute atomic E-state index is 0.0283. The highest BCUT2D eigenvalue weighted by atomic mass is 16.5. The zero-order chi connectivity index (χ0) is 43.3. The number of carbonyl (C=O) groups excluding carboxylic acids is 4. The summed E-state index contributed by atoms with van der Waals surface area (Å²) < 4.78 is 15.4. The summed E-state index contributed by atoms with van der Waals surface area (Å²) in [5, 5.41) is 9.84. The number of methoxy groups -OCH3 is 2. The molecule has 15 nitrogen and oxygen atoms in total. The predicted octanol–water partition coefficient (Wildman–Crippen LogP) is 7.27. The van der Waals surface area contributed by atoms with E-state index in [0.29, 0.717) is 37.9 Å². The lowest BCUT2D eigenvalue weighted by atomic mass is 9.90. The van der Waals surface area contributed by atoms with Crippen LogP contribution < -0.4 is 10.6 Å². The van der Waals surface area contributed by atoms with Gasteiger partial charge in [-0.05, 0) is 108 Å². The monoisotopic (exact) mass is 852 g/mol. The molecule has 326 valence electrons. The van der Waals surface area contributed by atoms with E-state index in [0.717, 1.165) is 92.1 Å². The molecule has 5 fully saturated rings. The number of hydrogen-bond donors (Lipinski definition) is 4. The number of nitrogens with zero attached hydrogens (tertiary/aromatic N) is 4. The second kappa shape index (κ2) is 15.2. The molecule has 2 saturated carbocycles. The molecule has 2 aliphatic carbocycles. The Bertz CT molecular complexity index is 2830. The molecule has 3 saturated heterocycles. The molecule has 63 heavy (non-hydrogen) atoms. The van der Waals surface area contributed by atoms with Gasteiger partial charge < -0.3 is 44.6 Å². The van der Waals surface area contributed by atoms with Crippen LogP contribution in [0, 0.1) is 23.7 Å². The fraction of sp³-hybridized carbons (Fsp3) is 0.458. The van der Waals surface area contributed by atoms with Crippen LogP contribution in [0.4, 0.5) is 9.59 Å². The number of H-pyrrole nitrogens is 2. The summed E-state index contributed by atoms with van der Waals surface area (Å²) >= 11 is 0. The topological polar surface area (TPSA) is 184 Å². The first-order chi connectivity index (χ1) is 30.6. The Morgan fingerprint density at radius 1 is 0.714 bits per heavy atom. The number of fused-ring (bicyclic) bond motifs is 8. The van der Waals surface area contributed by atoms with Gasteiger partial charge >= 0.3 is 12.2 Å². The van der Waals surface area contributed by atoms with Gasteiger partial charge in [0.15, 0.2) is 0 Å². The molecule has 8 atom stereocenters. The van der Waals surface area contributed by atoms with Gasteiger partial charge in [-0.1, -0.05) is 50.2 Å². The van der Waals surface area contributed by atoms with E-state index in [9.17, 15) is 19.2 Å². The molecular weight excluding hydrogens is 801 g/mol. The first-order valence-corrected chi connectivity index (χ1v) is 22.3. The number of alkyl carbamates (subject to hydrolysis) is 2. The largest absolute Gasteiger partial charge is 0.453 e. The Kier molecular flexibility index (Phi) is 9.59. The van der Waals surface area contributed by atoms with Gasteiger partial charge in [0.05, 0.1) is 48.4 Å². The standard InChI is InChI=1S/C48H52N8O7/c1-23(2)39(53-47(59)61-3)45(57)55-35-19-29(35)21-37(55)43-49-33-11-7-27-17-25(5-9-31(27)41(33)51-43)26-6-10-32-28(18-26)8-12-34-42(32)52-44(50-34)38-22-30-20-36(30)56(38)46(58)40(54-48(60)62-4)24-13-15-63-16-14-24/h5-12,17-18,23-24,29-30,35-40H,13-16,19-22H2,1-4H3,(H,49,51)(H,50,52)(H,53,59)(H,54,60)/t29-,30-,35-,36-,37+,38+,39+,40+/m1/s1. The number of likely N-dealkylation sites (tertiary alicyclic amines) is 2. The molecule has 5 heterocycles. The number of nitrogens with one attached hydrogen (secondary N) is 4. The molecule has 0 bridgehead atoms. The molecule has 6 aromatic rings. The van der Waals surface area contributed by atoms with E-state index in [1.54, 1.807) is 0 Å². The summed E-state index contributed by atoms with van der Waals surface area (Å²) in [5.41, 5.74) is 5.72. The van der Waals surface area contributed by atoms with E-state index < -0.39 is 24.3 Å². The molecule has 0 spiro atoms. The maximum atomic E-state index is 14.4. The number of benzene rings is 4. The quantitative estimate of drug-likeness (QED) is 0.116. The van der Waals surface area contributed by atoms with Crippen LogP contribution >= 0.6 is 0 Å². The Balaban J connectivity index is 0.858. The molecule has 15 heteroatoms. The minimum Gasteiger partial charge on any atom is -0.453 e. The summed E-state index contributed by atoms with van der Waals surface area (Å²) in [5.74, 6) is 2.09. The average Bonchev–Trinajstić information content (AvgIpc) is 3.95. The summed E-state index contributed by atoms with van der Waals surface area (Å²) in [4.78, 5) is 74.3. The summed E-state index contributed by atoms with van der Waals surface area (Å²) in [6, 6.07) is 19.8. The lowest BCUT2D eigenvalue weighted by Gasteiger charge is -2.35. The Morgan fingerprint density at radius 2 is 1.32 bits per heavy atom. The molecule has 11 rings (SSSR count). The van der Waals surface area contributed by atoms with E-state index in [1.807, 2.05) is 29.7 Å². The third-order valence-electron chi connectivity index (χ3n) is 14.5. The first-order valence-electron chi connectivity index (χ1n) is 22.3. The Labute approximate surface area is 363 Å². The maximum Gasteiger partial charge on any atom is 0.407 e. The first kappa shape index (κ1) is 39.6. The van der Waals surface area contributed by atoms with Gasteiger partial charge in [0.2, 0.25) is 11.8 Å². The highest BCUT2D eigenvalue weighted by Gasteiger charge is 2.58. The van der Waals surface area contributed by atoms with Crippen molar-refractivity contribution in [3.05, 3.63) is 72.3 Å². The number of ether oxygens (including phenoxy) is 3. The van der Waals surface area contributed by atoms with Crippen molar-refractivity contribution >= 4 is 67.6 Å². The fourth-order valence-corrected chi connectivity index (χ4v) is 11.0. The van der Waals surface area contributed by atoms with Crippen molar-refractivity contribution in [3.63, 3.8) is 0 Å². The number of piperidine rings is 2. The molecule has 2 aromatic heterocycles. The van der Waals surface area contributed by atoms with Crippen molar-refractivity contribution in [1.82, 2.24) is 40.4 Å². The number of hydrogen-bond acceptors (Lipinski definition) is 9. The van der Waals surface area contributed by atoms with Crippen LogP contribution in [0.5, 0.6) is 0 Å². The molecular formula is C48H52N8O7. The summed E-state index contributed by atoms with van der Waals surface area (Å²) in [6.45, 7) is 4.98. The maximum absolute atomic E-state index is 14.4. The highest BCUT2D eigenvalue weighted by molar-refractivity contribution is 6.07. The number of rotatable bonds is 9. The van der Waals surface area contributed by atoms with Crippen LogP contribution in [0.1, 0.15) is 76.1 Å². The number of aromatic nitrogens is 4. The van der Waals surface area contributed by atoms with Gasteiger partial charge in [-0.3, -0.25) is 9.59 Å². The van der Waals surface area contributed by atoms with Crippen molar-refractivity contribution in [2.24, 2.45) is 23.7 Å². The van der Waals surface area contributed by atoms with E-state index in [-0.39, 0.29) is 47.8 Å². The third kappa shape index (κ3) is 6.82. The fourth-order valence-electron chi connectivity index (χ4n) is 11.0. The van der Waals surface area contributed by atoms with Gasteiger partial charge in [0.25, 0.3) is 0 Å². The average molecular weight is 853 g/mol. The van der Waals surface area contributed by atoms with Crippen LogP contribution in [0.15, 0.2) is 60.7 Å². The van der Waals surface area contributed by atoms with Crippen molar-refractivity contribution in [3.8, 4) is 11.1 Å². The van der Waals surface area contributed by atoms with E-state index in [4.69, 9.17) is 24.2 Å². The molecule has 0 unspecified atom stereocenters. The molecule has 4 amide bonds. The number of imidazole rings is 2. The number of aromatic amines is 2. The zero-order valence-corrected chi connectivity index (χ0v) is 35.9. The molecule has 4 aromatic carbocycles. The smallest absolute Gasteiger partial charge is 0.407 e. The van der Waals surface area contributed by atoms with Crippen molar-refractivity contribution in [2.45, 2.75) is 88.6 Å². The molecule has 0 radical (unpaired) electrons. The summed E-state index contributed by atoms with van der Waals surface area (Å²) in [7, 11) is 2.63. The Morgan fingerprint density at radius 3 is 1.98 bits per heavy atom. The van der Waals surface area contributed by atoms with Crippen LogP contribution in [0.3, 0.4) is 0 Å². The van der Waals surface area contributed by atoms with Gasteiger partial charge in [-0.2, -0.15) is 0 Å². The van der Waals surface area contributed by atoms with Crippen LogP contribution in [-0.4, -0.2) is 105 Å². The van der Waals surface area contributed by atoms with Gasteiger partial charge in [-0.15, -0.1) is 0 Å². The van der Waals surface area contributed by atoms with Crippen LogP contribution in [0.2, 0.25) is 0 Å². The number of amides is 4. The van der Waals surface area contributed by atoms with Crippen molar-refractivity contribution in [1.29, 1.82) is 0 Å². The second-order valence-electron chi connectivity index (χ2n) is 18.6. The van der Waals surface area contributed by atoms with Crippen LogP contribution in [-0.2, 0) is 23.8 Å². The van der Waals surface area contributed by atoms with Crippen molar-refractivity contribution in [2.75, 3.05) is 27.4 Å². The zero-order valence-electron chi connectivity index (χ0n) is 35.9. The van der Waals surface area contributed by atoms with E-state index >= 15 is 0 Å². The lowest BCUT2D eigenvalue weighted by Crippen LogP contribution is -2.54. The van der Waals surface area contributed by atoms with E-state index in [1.165, 1.54) is 14.2 Å². The second-order valence-corrected chi connectivity index (χ2v) is 18.6. The van der Waals surface area contributed by atoms with E-state index in [2.05, 4.69) is 75.2 Å². The highest BCUT2D eigenvalue weighted by Crippen LogP contribution is 2.55. The van der Waals surface area contributed by atoms with Crippen LogP contribution in [0.25, 0.3) is 54.7 Å². The van der Waals surface area contributed by atoms with Gasteiger partial charge in [-0.25, -0.2) is 19.6 Å². The SMILES string of the molecule is COC(=O)N[C@H](C(=O)N1[C@@H]2C[C@@H]2C[C@H]1c1nc2ccc3cc(-c4ccc5c(ccc6[nH]c([C@@H]7C[C@H]8C[C@H]8N7C(=O)[C@@H](NC(=O)OC)C7CCOCC7)nc65)c4)ccc3c2[nH]1)C(C)C. The lowest BCUT2D eigenvalue weighted by molar-refractivity contribution is -0.138. The van der Waals surface area contributed by atoms with Crippen molar-refractivity contribution < 1.29 is 33.4 Å². The molecule has 3 aliphatic heterocycles. The van der Waals surface area contributed by atoms with Gasteiger partial charge in [0.1, 0.15) is 23.7 Å². The molecule has 5 aliphatic rings.